The van der Waals surface area contributed by atoms with Crippen molar-refractivity contribution in [3.8, 4) is 0 Å². The highest BCUT2D eigenvalue weighted by Crippen LogP contribution is 2.26. The van der Waals surface area contributed by atoms with Crippen LogP contribution in [0.3, 0.4) is 0 Å². The zero-order valence-corrected chi connectivity index (χ0v) is 10.9. The SMILES string of the molecule is CCS.O=S(=O)(O)Cc1nccc(C(F)(F)F)n1. The maximum atomic E-state index is 12.1. The molecule has 0 spiro atoms. The highest BCUT2D eigenvalue weighted by Gasteiger charge is 2.32. The van der Waals surface area contributed by atoms with Crippen molar-refractivity contribution in [3.63, 3.8) is 0 Å². The Morgan fingerprint density at radius 2 is 1.94 bits per heavy atom. The molecule has 0 bridgehead atoms. The molecule has 0 fully saturated rings. The number of hydrogen-bond donors (Lipinski definition) is 2. The van der Waals surface area contributed by atoms with Crippen molar-refractivity contribution in [2.45, 2.75) is 18.9 Å². The van der Waals surface area contributed by atoms with E-state index in [1.807, 2.05) is 6.92 Å². The zero-order valence-electron chi connectivity index (χ0n) is 9.22. The molecular weight excluding hydrogens is 293 g/mol. The largest absolute Gasteiger partial charge is 0.433 e. The molecule has 1 aromatic rings. The van der Waals surface area contributed by atoms with Crippen LogP contribution < -0.4 is 0 Å². The Morgan fingerprint density at radius 1 is 1.44 bits per heavy atom. The number of nitrogens with zero attached hydrogens (tertiary/aromatic N) is 2. The van der Waals surface area contributed by atoms with Gasteiger partial charge in [0, 0.05) is 6.20 Å². The summed E-state index contributed by atoms with van der Waals surface area (Å²) in [5.74, 6) is -0.705. The minimum atomic E-state index is -4.67. The first-order valence-electron chi connectivity index (χ1n) is 4.55. The molecule has 10 heteroatoms. The molecule has 0 unspecified atom stereocenters. The fourth-order valence-electron chi connectivity index (χ4n) is 0.790. The molecule has 1 rings (SSSR count). The summed E-state index contributed by atoms with van der Waals surface area (Å²) in [6, 6.07) is 0.605. The molecule has 1 aromatic heterocycles. The molecule has 1 heterocycles. The quantitative estimate of drug-likeness (QED) is 0.643. The fraction of sp³-hybridized carbons (Fsp3) is 0.500. The monoisotopic (exact) mass is 304 g/mol. The van der Waals surface area contributed by atoms with Crippen LogP contribution in [0.4, 0.5) is 13.2 Å². The average molecular weight is 304 g/mol. The van der Waals surface area contributed by atoms with E-state index in [0.717, 1.165) is 11.9 Å². The molecule has 0 aliphatic carbocycles. The molecule has 0 aliphatic rings. The number of thiol groups is 1. The second-order valence-electron chi connectivity index (χ2n) is 2.90. The molecule has 5 nitrogen and oxygen atoms in total. The lowest BCUT2D eigenvalue weighted by Crippen LogP contribution is -2.12. The molecule has 0 atom stereocenters. The van der Waals surface area contributed by atoms with Crippen LogP contribution in [0.2, 0.25) is 0 Å². The summed E-state index contributed by atoms with van der Waals surface area (Å²) in [5, 5.41) is 0. The first-order valence-corrected chi connectivity index (χ1v) is 6.79. The minimum Gasteiger partial charge on any atom is -0.285 e. The Kier molecular flexibility index (Phi) is 6.57. The Labute approximate surface area is 108 Å². The molecule has 18 heavy (non-hydrogen) atoms. The fourth-order valence-corrected chi connectivity index (χ4v) is 1.26. The lowest BCUT2D eigenvalue weighted by molar-refractivity contribution is -0.141. The van der Waals surface area contributed by atoms with Crippen LogP contribution in [-0.4, -0.2) is 28.7 Å². The van der Waals surface area contributed by atoms with Crippen LogP contribution in [0.15, 0.2) is 12.3 Å². The van der Waals surface area contributed by atoms with Crippen LogP contribution in [-0.2, 0) is 22.0 Å². The van der Waals surface area contributed by atoms with Crippen LogP contribution in [0.25, 0.3) is 0 Å². The van der Waals surface area contributed by atoms with Crippen molar-refractivity contribution < 1.29 is 26.1 Å². The predicted octanol–water partition coefficient (Wildman–Crippen LogP) is 1.82. The lowest BCUT2D eigenvalue weighted by atomic mass is 10.4. The van der Waals surface area contributed by atoms with E-state index in [-0.39, 0.29) is 0 Å². The Bertz CT molecular complexity index is 477. The molecule has 0 radical (unpaired) electrons. The molecule has 0 saturated heterocycles. The molecule has 0 aliphatic heterocycles. The van der Waals surface area contributed by atoms with Gasteiger partial charge < -0.3 is 0 Å². The summed E-state index contributed by atoms with van der Waals surface area (Å²) in [5.41, 5.74) is -1.25. The Balaban J connectivity index is 0.000000873. The molecule has 0 saturated carbocycles. The normalized spacial score (nSPS) is 11.7. The van der Waals surface area contributed by atoms with Crippen LogP contribution in [0.5, 0.6) is 0 Å². The highest BCUT2D eigenvalue weighted by molar-refractivity contribution is 7.84. The van der Waals surface area contributed by atoms with Crippen molar-refractivity contribution in [1.82, 2.24) is 9.97 Å². The standard InChI is InChI=1S/C6H5F3N2O3S.C2H6S/c7-6(8,9)4-1-2-10-5(11-4)3-15(12,13)14;1-2-3/h1-2H,3H2,(H,12,13,14);3H,2H2,1H3. The number of rotatable bonds is 2. The number of halogens is 3. The molecule has 104 valence electrons. The van der Waals surface area contributed by atoms with Gasteiger partial charge >= 0.3 is 6.18 Å². The topological polar surface area (TPSA) is 80.2 Å². The Hall–Kier alpha value is -0.870. The van der Waals surface area contributed by atoms with Crippen LogP contribution >= 0.6 is 12.6 Å². The number of hydrogen-bond acceptors (Lipinski definition) is 5. The molecule has 0 aromatic carbocycles. The van der Waals surface area contributed by atoms with Gasteiger partial charge in [-0.25, -0.2) is 9.97 Å². The van der Waals surface area contributed by atoms with Crippen molar-refractivity contribution in [3.05, 3.63) is 23.8 Å². The van der Waals surface area contributed by atoms with Crippen molar-refractivity contribution in [2.75, 3.05) is 5.75 Å². The molecule has 1 N–H and O–H groups in total. The summed E-state index contributed by atoms with van der Waals surface area (Å²) >= 11 is 3.79. The summed E-state index contributed by atoms with van der Waals surface area (Å²) in [6.07, 6.45) is -3.90. The van der Waals surface area contributed by atoms with Crippen molar-refractivity contribution >= 4 is 22.7 Å². The van der Waals surface area contributed by atoms with Gasteiger partial charge in [-0.3, -0.25) is 4.55 Å². The maximum Gasteiger partial charge on any atom is 0.433 e. The first-order chi connectivity index (χ1) is 8.10. The van der Waals surface area contributed by atoms with E-state index < -0.39 is 33.6 Å². The molecular formula is C8H11F3N2O3S2. The van der Waals surface area contributed by atoms with E-state index in [2.05, 4.69) is 22.6 Å². The maximum absolute atomic E-state index is 12.1. The van der Waals surface area contributed by atoms with E-state index in [9.17, 15) is 21.6 Å². The van der Waals surface area contributed by atoms with Crippen molar-refractivity contribution in [2.24, 2.45) is 0 Å². The van der Waals surface area contributed by atoms with Gasteiger partial charge in [0.25, 0.3) is 10.1 Å². The second-order valence-corrected chi connectivity index (χ2v) is 4.98. The summed E-state index contributed by atoms with van der Waals surface area (Å²) in [6.45, 7) is 1.99. The van der Waals surface area contributed by atoms with E-state index in [0.29, 0.717) is 6.07 Å². The number of aromatic nitrogens is 2. The van der Waals surface area contributed by atoms with E-state index in [1.54, 1.807) is 0 Å². The van der Waals surface area contributed by atoms with Gasteiger partial charge in [0.1, 0.15) is 17.3 Å². The highest BCUT2D eigenvalue weighted by atomic mass is 32.2. The average Bonchev–Trinajstić information content (AvgIpc) is 2.15. The van der Waals surface area contributed by atoms with Gasteiger partial charge in [0.05, 0.1) is 0 Å². The lowest BCUT2D eigenvalue weighted by Gasteiger charge is -2.05. The second kappa shape index (κ2) is 6.90. The predicted molar refractivity (Wildman–Crippen MR) is 61.8 cm³/mol. The van der Waals surface area contributed by atoms with Gasteiger partial charge in [-0.05, 0) is 11.8 Å². The summed E-state index contributed by atoms with van der Waals surface area (Å²) in [7, 11) is -4.43. The van der Waals surface area contributed by atoms with Gasteiger partial charge in [-0.2, -0.15) is 34.2 Å². The van der Waals surface area contributed by atoms with Gasteiger partial charge in [0.2, 0.25) is 0 Å². The number of alkyl halides is 3. The smallest absolute Gasteiger partial charge is 0.285 e. The van der Waals surface area contributed by atoms with Gasteiger partial charge in [0.15, 0.2) is 0 Å². The first kappa shape index (κ1) is 17.1. The van der Waals surface area contributed by atoms with Crippen molar-refractivity contribution in [1.29, 1.82) is 0 Å². The van der Waals surface area contributed by atoms with Crippen LogP contribution in [0.1, 0.15) is 18.4 Å². The van der Waals surface area contributed by atoms with E-state index >= 15 is 0 Å². The van der Waals surface area contributed by atoms with E-state index in [1.165, 1.54) is 0 Å². The minimum absolute atomic E-state index is 0.604. The van der Waals surface area contributed by atoms with E-state index in [4.69, 9.17) is 4.55 Å². The molecule has 0 amide bonds. The van der Waals surface area contributed by atoms with Gasteiger partial charge in [-0.15, -0.1) is 0 Å². The van der Waals surface area contributed by atoms with Crippen LogP contribution in [0, 0.1) is 0 Å². The summed E-state index contributed by atoms with van der Waals surface area (Å²) in [4.78, 5) is 6.24. The summed E-state index contributed by atoms with van der Waals surface area (Å²) < 4.78 is 65.4. The third-order valence-electron chi connectivity index (χ3n) is 1.31. The zero-order chi connectivity index (χ0) is 14.4. The Morgan fingerprint density at radius 3 is 2.33 bits per heavy atom. The third-order valence-corrected chi connectivity index (χ3v) is 1.93. The van der Waals surface area contributed by atoms with Gasteiger partial charge in [-0.1, -0.05) is 6.92 Å². The third kappa shape index (κ3) is 7.45.